The maximum absolute atomic E-state index is 17.7. The van der Waals surface area contributed by atoms with E-state index >= 15 is 8.78 Å². The van der Waals surface area contributed by atoms with Gasteiger partial charge in [0.05, 0.1) is 57.1 Å². The number of nitrogens with one attached hydrogen (secondary N) is 1. The molecule has 0 aromatic heterocycles. The molecule has 1 unspecified atom stereocenters. The molecule has 4 fully saturated rings. The van der Waals surface area contributed by atoms with Crippen molar-refractivity contribution in [2.75, 3.05) is 59.0 Å². The van der Waals surface area contributed by atoms with E-state index in [1.54, 1.807) is 6.92 Å². The Kier molecular flexibility index (Phi) is 17.7. The van der Waals surface area contributed by atoms with Gasteiger partial charge in [-0.1, -0.05) is 49.0 Å². The number of allylic oxidation sites excluding steroid dienone is 4. The van der Waals surface area contributed by atoms with Crippen LogP contribution in [0.3, 0.4) is 0 Å². The van der Waals surface area contributed by atoms with Crippen LogP contribution in [-0.2, 0) is 58.9 Å². The number of carbonyl (C=O) groups is 4. The van der Waals surface area contributed by atoms with E-state index in [-0.39, 0.29) is 67.4 Å². The van der Waals surface area contributed by atoms with Gasteiger partial charge in [0, 0.05) is 51.5 Å². The third-order valence-corrected chi connectivity index (χ3v) is 16.1. The third-order valence-electron chi connectivity index (χ3n) is 14.2. The first-order valence-corrected chi connectivity index (χ1v) is 24.5. The molecule has 1 heterocycles. The zero-order valence-corrected chi connectivity index (χ0v) is 39.7. The second-order valence-electron chi connectivity index (χ2n) is 17.9. The first-order valence-electron chi connectivity index (χ1n) is 22.4. The predicted octanol–water partition coefficient (Wildman–Crippen LogP) is 5.32. The van der Waals surface area contributed by atoms with E-state index in [1.807, 2.05) is 61.7 Å². The number of benzene rings is 2. The molecule has 0 bridgehead atoms. The van der Waals surface area contributed by atoms with Gasteiger partial charge in [0.15, 0.2) is 29.1 Å². The number of hydrogen-bond acceptors (Lipinski definition) is 15. The van der Waals surface area contributed by atoms with Crippen molar-refractivity contribution in [2.24, 2.45) is 22.7 Å². The summed E-state index contributed by atoms with van der Waals surface area (Å²) in [5.41, 5.74) is -5.32. The molecule has 4 aliphatic carbocycles. The molecule has 2 aromatic carbocycles. The average Bonchev–Trinajstić information content (AvgIpc) is 3.81. The summed E-state index contributed by atoms with van der Waals surface area (Å²) in [6, 6.07) is 15.2. The minimum atomic E-state index is -2.33. The largest absolute Gasteiger partial charge is 0.390 e. The summed E-state index contributed by atoms with van der Waals surface area (Å²) in [6.07, 6.45) is 0.951. The van der Waals surface area contributed by atoms with Gasteiger partial charge in [-0.2, -0.15) is 21.4 Å². The van der Waals surface area contributed by atoms with Crippen molar-refractivity contribution in [3.63, 3.8) is 0 Å². The maximum atomic E-state index is 17.7. The van der Waals surface area contributed by atoms with Crippen molar-refractivity contribution in [1.29, 1.82) is 0 Å². The quantitative estimate of drug-likeness (QED) is 0.136. The summed E-state index contributed by atoms with van der Waals surface area (Å²) >= 11 is 3.00. The molecule has 3 saturated carbocycles. The molecule has 2 aromatic rings. The van der Waals surface area contributed by atoms with Gasteiger partial charge in [-0.25, -0.2) is 8.78 Å². The molecule has 1 amide bonds. The molecule has 7 rings (SSSR count). The number of ketones is 3. The molecule has 11 atom stereocenters. The minimum absolute atomic E-state index is 0.00882. The molecule has 3 N–H and O–H groups in total. The smallest absolute Gasteiger partial charge is 0.373 e. The normalized spacial score (nSPS) is 31.8. The van der Waals surface area contributed by atoms with Gasteiger partial charge in [-0.3, -0.25) is 19.2 Å². The van der Waals surface area contributed by atoms with Crippen LogP contribution < -0.4 is 5.32 Å². The molecule has 67 heavy (non-hydrogen) atoms. The van der Waals surface area contributed by atoms with Gasteiger partial charge in [0.2, 0.25) is 5.91 Å². The summed E-state index contributed by atoms with van der Waals surface area (Å²) in [5, 5.41) is 24.8. The van der Waals surface area contributed by atoms with Gasteiger partial charge in [-0.15, -0.1) is 0 Å². The van der Waals surface area contributed by atoms with Crippen LogP contribution in [0.5, 0.6) is 0 Å². The fourth-order valence-corrected chi connectivity index (χ4v) is 12.0. The molecule has 14 nitrogen and oxygen atoms in total. The highest BCUT2D eigenvalue weighted by Gasteiger charge is 2.80. The zero-order chi connectivity index (χ0) is 48.6. The average molecular weight is 972 g/mol. The highest BCUT2D eigenvalue weighted by molar-refractivity contribution is 8.00. The number of Topliss-reactive ketones (excluding diaryl/α,β-unsaturated/α-hetero) is 2. The van der Waals surface area contributed by atoms with Crippen LogP contribution in [0.4, 0.5) is 8.78 Å². The van der Waals surface area contributed by atoms with Crippen molar-refractivity contribution < 1.29 is 71.4 Å². The fourth-order valence-electron chi connectivity index (χ4n) is 10.8. The summed E-state index contributed by atoms with van der Waals surface area (Å²) in [6.45, 7) is 6.98. The second-order valence-corrected chi connectivity index (χ2v) is 20.2. The lowest BCUT2D eigenvalue weighted by atomic mass is 9.44. The monoisotopic (exact) mass is 971 g/mol. The lowest BCUT2D eigenvalue weighted by Crippen LogP contribution is -2.70. The molecule has 0 radical (unpaired) electrons. The molecule has 1 saturated heterocycles. The van der Waals surface area contributed by atoms with E-state index in [0.717, 1.165) is 21.4 Å². The van der Waals surface area contributed by atoms with Crippen LogP contribution in [-0.4, -0.2) is 134 Å². The van der Waals surface area contributed by atoms with Crippen LogP contribution in [0.1, 0.15) is 63.9 Å². The van der Waals surface area contributed by atoms with E-state index in [1.165, 1.54) is 42.6 Å². The number of alkyl halides is 2. The summed E-state index contributed by atoms with van der Waals surface area (Å²) < 4.78 is 63.3. The minimum Gasteiger partial charge on any atom is -0.390 e. The number of thioether (sulfide) groups is 1. The van der Waals surface area contributed by atoms with Crippen molar-refractivity contribution in [3.8, 4) is 0 Å². The number of aliphatic hydroxyl groups excluding tert-OH is 2. The van der Waals surface area contributed by atoms with Crippen molar-refractivity contribution in [1.82, 2.24) is 5.32 Å². The molecule has 5 aliphatic rings. The van der Waals surface area contributed by atoms with Gasteiger partial charge in [0.1, 0.15) is 18.6 Å². The van der Waals surface area contributed by atoms with E-state index in [2.05, 4.69) is 5.32 Å². The number of rotatable bonds is 21. The molecular formula is C49H59F2NO13S2. The SMILES string of the molecule is CSC(C)C(=O)NCCOCCOCCOCCC(=O)Cc1cccc(Sc2ccc([C@@H]3O[C@@H]4C[C@H]5[C@@H]6C[C@H](F)C7=CC(=O)C=C[C@]7(C)[C@@]6(F)[C@@H](O)C[C@]5(C)[C@]4(C(=O)CO)O3)cc2)c1.O=C=O. The number of halogens is 2. The maximum Gasteiger partial charge on any atom is 0.373 e. The Morgan fingerprint density at radius 2 is 1.64 bits per heavy atom. The molecule has 1 aliphatic heterocycles. The van der Waals surface area contributed by atoms with E-state index in [9.17, 15) is 29.4 Å². The molecule has 18 heteroatoms. The Balaban J connectivity index is 0.00000240. The van der Waals surface area contributed by atoms with E-state index in [4.69, 9.17) is 33.3 Å². The number of carbonyl (C=O) groups excluding carboxylic acids is 6. The molecule has 364 valence electrons. The Morgan fingerprint density at radius 1 is 0.970 bits per heavy atom. The van der Waals surface area contributed by atoms with Crippen LogP contribution in [0.2, 0.25) is 0 Å². The Labute approximate surface area is 397 Å². The lowest BCUT2D eigenvalue weighted by molar-refractivity contribution is -0.235. The third kappa shape index (κ3) is 10.6. The van der Waals surface area contributed by atoms with Gasteiger partial charge in [0.25, 0.3) is 0 Å². The summed E-state index contributed by atoms with van der Waals surface area (Å²) in [7, 11) is 0. The first-order chi connectivity index (χ1) is 32.0. The lowest BCUT2D eigenvalue weighted by Gasteiger charge is -2.63. The summed E-state index contributed by atoms with van der Waals surface area (Å²) in [4.78, 5) is 68.7. The van der Waals surface area contributed by atoms with Crippen LogP contribution in [0.15, 0.2) is 82.1 Å². The molecule has 0 spiro atoms. The van der Waals surface area contributed by atoms with Gasteiger partial charge in [-0.05, 0) is 92.8 Å². The Morgan fingerprint density at radius 3 is 2.31 bits per heavy atom. The number of hydrogen-bond donors (Lipinski definition) is 3. The second kappa shape index (κ2) is 22.7. The summed E-state index contributed by atoms with van der Waals surface area (Å²) in [5.74, 6) is -2.69. The Bertz CT molecular complexity index is 2210. The number of ether oxygens (including phenoxy) is 5. The van der Waals surface area contributed by atoms with Gasteiger partial charge < -0.3 is 39.2 Å². The number of aliphatic hydroxyl groups is 2. The number of amides is 1. The van der Waals surface area contributed by atoms with Gasteiger partial charge >= 0.3 is 6.15 Å². The van der Waals surface area contributed by atoms with E-state index < -0.39 is 76.8 Å². The highest BCUT2D eigenvalue weighted by Crippen LogP contribution is 2.72. The molecular weight excluding hydrogens is 913 g/mol. The Hall–Kier alpha value is -3.94. The van der Waals surface area contributed by atoms with Crippen LogP contribution >= 0.6 is 23.5 Å². The van der Waals surface area contributed by atoms with Crippen molar-refractivity contribution >= 4 is 52.9 Å². The van der Waals surface area contributed by atoms with E-state index in [0.29, 0.717) is 45.1 Å². The van der Waals surface area contributed by atoms with Crippen molar-refractivity contribution in [2.45, 2.75) is 104 Å². The topological polar surface area (TPSA) is 201 Å². The van der Waals surface area contributed by atoms with Crippen LogP contribution in [0.25, 0.3) is 0 Å². The zero-order valence-electron chi connectivity index (χ0n) is 38.0. The predicted molar refractivity (Wildman–Crippen MR) is 241 cm³/mol. The standard InChI is InChI=1S/C48H59F2NO11S2.CO2/c1-29(63-4)43(57)51-15-17-59-19-21-60-20-18-58-16-13-33(54)22-30-6-5-7-35(23-30)64-34-10-8-31(9-11-34)44-61-42-26-36-37-25-39(49)38-24-32(53)12-14-45(38,2)47(37,50)40(55)27-46(36,3)48(42,62-44)41(56)28-52;2-1-3/h5-12,14,23-24,29,36-37,39-40,42,44,52,55H,13,15-22,25-28H2,1-4H3,(H,51,57);/t29?,36-,37-,39-,40-,42+,44+,45-,46-,47-,48+;/m0./s1. The van der Waals surface area contributed by atoms with Crippen molar-refractivity contribution in [3.05, 3.63) is 83.5 Å². The van der Waals surface area contributed by atoms with Crippen LogP contribution in [0, 0.1) is 22.7 Å². The highest BCUT2D eigenvalue weighted by atomic mass is 32.2. The number of fused-ring (bicyclic) bond motifs is 7. The fraction of sp³-hybridized carbons (Fsp3) is 0.571. The first kappa shape index (κ1) is 52.4.